The maximum absolute atomic E-state index is 13.7. The number of methoxy groups -OCH3 is 1. The number of nitrogens with zero attached hydrogens (tertiary/aromatic N) is 3. The van der Waals surface area contributed by atoms with Crippen LogP contribution in [0.25, 0.3) is 21.6 Å². The summed E-state index contributed by atoms with van der Waals surface area (Å²) in [5.41, 5.74) is 1.00. The SMILES string of the molecule is COc1ccc2c(O[C@@H]3C[C@H]4C(=O)N[C@]5(C(=O)O)C[C@@H]5/C=C\CCCCCC(=O)N4C3)cc(-c3nc(C(C)C)cs3)nc2c1. The van der Waals surface area contributed by atoms with E-state index in [0.29, 0.717) is 35.6 Å². The Morgan fingerprint density at radius 1 is 1.18 bits per heavy atom. The molecule has 0 radical (unpaired) electrons. The number of carboxylic acid groups (broad SMARTS) is 1. The lowest BCUT2D eigenvalue weighted by molar-refractivity contribution is -0.145. The Hall–Kier alpha value is -3.99. The number of aliphatic carboxylic acids is 1. The summed E-state index contributed by atoms with van der Waals surface area (Å²) in [6.45, 7) is 4.42. The van der Waals surface area contributed by atoms with Gasteiger partial charge in [-0.1, -0.05) is 32.4 Å². The van der Waals surface area contributed by atoms with E-state index < -0.39 is 29.6 Å². The quantitative estimate of drug-likeness (QED) is 0.355. The van der Waals surface area contributed by atoms with Gasteiger partial charge in [-0.05, 0) is 43.7 Å². The predicted molar refractivity (Wildman–Crippen MR) is 167 cm³/mol. The fraction of sp³-hybridized carbons (Fsp3) is 0.485. The smallest absolute Gasteiger partial charge is 0.330 e. The zero-order valence-corrected chi connectivity index (χ0v) is 26.1. The van der Waals surface area contributed by atoms with Crippen LogP contribution < -0.4 is 14.8 Å². The van der Waals surface area contributed by atoms with E-state index in [1.54, 1.807) is 12.0 Å². The Morgan fingerprint density at radius 2 is 2.02 bits per heavy atom. The van der Waals surface area contributed by atoms with Crippen LogP contribution in [0, 0.1) is 5.92 Å². The van der Waals surface area contributed by atoms with Gasteiger partial charge < -0.3 is 24.8 Å². The van der Waals surface area contributed by atoms with Crippen molar-refractivity contribution in [2.75, 3.05) is 13.7 Å². The Bertz CT molecular complexity index is 1620. The molecule has 1 aromatic carbocycles. The van der Waals surface area contributed by atoms with Crippen LogP contribution in [0.15, 0.2) is 41.8 Å². The highest BCUT2D eigenvalue weighted by Crippen LogP contribution is 2.45. The van der Waals surface area contributed by atoms with Crippen LogP contribution in [0.4, 0.5) is 0 Å². The zero-order chi connectivity index (χ0) is 31.0. The van der Waals surface area contributed by atoms with Gasteiger partial charge in [-0.2, -0.15) is 0 Å². The number of benzene rings is 1. The Balaban J connectivity index is 1.31. The fourth-order valence-corrected chi connectivity index (χ4v) is 7.09. The summed E-state index contributed by atoms with van der Waals surface area (Å²) in [4.78, 5) is 50.6. The molecule has 44 heavy (non-hydrogen) atoms. The molecule has 2 aromatic heterocycles. The van der Waals surface area contributed by atoms with Gasteiger partial charge >= 0.3 is 5.97 Å². The fourth-order valence-electron chi connectivity index (χ4n) is 6.15. The van der Waals surface area contributed by atoms with Crippen LogP contribution in [-0.4, -0.2) is 69.1 Å². The van der Waals surface area contributed by atoms with Gasteiger partial charge in [0.2, 0.25) is 11.8 Å². The van der Waals surface area contributed by atoms with Gasteiger partial charge in [0, 0.05) is 41.7 Å². The van der Waals surface area contributed by atoms with Crippen LogP contribution in [0.3, 0.4) is 0 Å². The molecule has 0 unspecified atom stereocenters. The first-order valence-corrected chi connectivity index (χ1v) is 16.2. The van der Waals surface area contributed by atoms with Crippen molar-refractivity contribution >= 4 is 40.0 Å². The number of thiazole rings is 1. The lowest BCUT2D eigenvalue weighted by atomic mass is 10.1. The molecule has 0 bridgehead atoms. The highest BCUT2D eigenvalue weighted by Gasteiger charge is 2.61. The topological polar surface area (TPSA) is 131 Å². The molecule has 1 aliphatic carbocycles. The monoisotopic (exact) mass is 618 g/mol. The summed E-state index contributed by atoms with van der Waals surface area (Å²) >= 11 is 1.52. The number of aromatic nitrogens is 2. The summed E-state index contributed by atoms with van der Waals surface area (Å²) < 4.78 is 12.1. The molecule has 1 saturated carbocycles. The summed E-state index contributed by atoms with van der Waals surface area (Å²) in [7, 11) is 1.60. The van der Waals surface area contributed by atoms with E-state index >= 15 is 0 Å². The van der Waals surface area contributed by atoms with Crippen molar-refractivity contribution in [3.8, 4) is 22.2 Å². The molecule has 2 N–H and O–H groups in total. The Kier molecular flexibility index (Phi) is 8.32. The van der Waals surface area contributed by atoms with Gasteiger partial charge in [0.1, 0.15) is 39.9 Å². The number of ether oxygens (including phenoxy) is 2. The second kappa shape index (κ2) is 12.2. The third-order valence-corrected chi connectivity index (χ3v) is 9.75. The molecular weight excluding hydrogens is 580 g/mol. The maximum atomic E-state index is 13.7. The molecule has 3 aliphatic rings. The van der Waals surface area contributed by atoms with Crippen LogP contribution in [0.1, 0.15) is 70.4 Å². The number of hydrogen-bond acceptors (Lipinski definition) is 8. The molecule has 10 nitrogen and oxygen atoms in total. The van der Waals surface area contributed by atoms with Crippen LogP contribution in [-0.2, 0) is 14.4 Å². The second-order valence-corrected chi connectivity index (χ2v) is 13.1. The molecule has 3 aromatic rings. The van der Waals surface area contributed by atoms with Crippen molar-refractivity contribution in [1.82, 2.24) is 20.2 Å². The summed E-state index contributed by atoms with van der Waals surface area (Å²) in [5, 5.41) is 16.4. The number of hydrogen-bond donors (Lipinski definition) is 2. The lowest BCUT2D eigenvalue weighted by Gasteiger charge is -2.25. The van der Waals surface area contributed by atoms with Crippen molar-refractivity contribution < 1.29 is 29.0 Å². The Labute approximate surface area is 260 Å². The first-order chi connectivity index (χ1) is 21.2. The molecular formula is C33H38N4O6S. The van der Waals surface area contributed by atoms with Crippen LogP contribution >= 0.6 is 11.3 Å². The maximum Gasteiger partial charge on any atom is 0.330 e. The molecule has 4 atom stereocenters. The van der Waals surface area contributed by atoms with E-state index in [0.717, 1.165) is 41.8 Å². The van der Waals surface area contributed by atoms with E-state index in [9.17, 15) is 19.5 Å². The number of allylic oxidation sites excluding steroid dienone is 1. The molecule has 6 rings (SSSR count). The van der Waals surface area contributed by atoms with Gasteiger partial charge in [-0.25, -0.2) is 14.8 Å². The number of rotatable bonds is 6. The number of pyridine rings is 1. The Morgan fingerprint density at radius 3 is 2.77 bits per heavy atom. The molecule has 2 fully saturated rings. The zero-order valence-electron chi connectivity index (χ0n) is 25.2. The van der Waals surface area contributed by atoms with Crippen molar-refractivity contribution in [2.45, 2.75) is 82.4 Å². The summed E-state index contributed by atoms with van der Waals surface area (Å²) in [6.07, 6.45) is 7.73. The van der Waals surface area contributed by atoms with Crippen LogP contribution in [0.5, 0.6) is 11.5 Å². The molecule has 232 valence electrons. The average molecular weight is 619 g/mol. The molecule has 4 heterocycles. The normalized spacial score (nSPS) is 26.5. The molecule has 11 heteroatoms. The second-order valence-electron chi connectivity index (χ2n) is 12.3. The number of carbonyl (C=O) groups is 3. The standard InChI is InChI=1S/C33H38N4O6S/c1-19(2)26-18-44-31(35-26)25-15-28(23-12-11-21(42-3)13-24(23)34-25)43-22-14-27-30(39)36-33(32(40)41)16-20(33)9-7-5-4-6-8-10-29(38)37(27)17-22/h7,9,11-13,15,18-20,22,27H,4-6,8,10,14,16-17H2,1-3H3,(H,36,39)(H,40,41)/b9-7-/t20-,22+,27-,33+/m0/s1. The van der Waals surface area contributed by atoms with Crippen LogP contribution in [0.2, 0.25) is 0 Å². The number of fused-ring (bicyclic) bond motifs is 3. The van der Waals surface area contributed by atoms with Crippen molar-refractivity contribution in [2.24, 2.45) is 5.92 Å². The number of carboxylic acids is 1. The van der Waals surface area contributed by atoms with Crippen molar-refractivity contribution in [3.05, 3.63) is 47.5 Å². The number of carbonyl (C=O) groups excluding carboxylic acids is 2. The average Bonchev–Trinajstić information content (AvgIpc) is 3.32. The molecule has 1 saturated heterocycles. The van der Waals surface area contributed by atoms with Gasteiger partial charge in [0.05, 0.1) is 24.9 Å². The minimum atomic E-state index is -1.33. The highest BCUT2D eigenvalue weighted by molar-refractivity contribution is 7.13. The van der Waals surface area contributed by atoms with Gasteiger partial charge in [-0.15, -0.1) is 11.3 Å². The number of amides is 2. The summed E-state index contributed by atoms with van der Waals surface area (Å²) in [5.74, 6) is -0.359. The van der Waals surface area contributed by atoms with Crippen molar-refractivity contribution in [1.29, 1.82) is 0 Å². The summed E-state index contributed by atoms with van der Waals surface area (Å²) in [6, 6.07) is 6.63. The third-order valence-electron chi connectivity index (χ3n) is 8.86. The number of nitrogens with one attached hydrogen (secondary N) is 1. The molecule has 2 amide bonds. The first-order valence-electron chi connectivity index (χ1n) is 15.3. The van der Waals surface area contributed by atoms with Gasteiger partial charge in [0.15, 0.2) is 0 Å². The van der Waals surface area contributed by atoms with E-state index in [2.05, 4.69) is 19.2 Å². The molecule has 0 spiro atoms. The minimum absolute atomic E-state index is 0.116. The van der Waals surface area contributed by atoms with E-state index in [-0.39, 0.29) is 30.7 Å². The van der Waals surface area contributed by atoms with Gasteiger partial charge in [0.25, 0.3) is 0 Å². The predicted octanol–water partition coefficient (Wildman–Crippen LogP) is 5.32. The first kappa shape index (κ1) is 30.1. The highest BCUT2D eigenvalue weighted by atomic mass is 32.1. The molecule has 2 aliphatic heterocycles. The van der Waals surface area contributed by atoms with Gasteiger partial charge in [-0.3, -0.25) is 9.59 Å². The van der Waals surface area contributed by atoms with Crippen molar-refractivity contribution in [3.63, 3.8) is 0 Å². The van der Waals surface area contributed by atoms with E-state index in [1.807, 2.05) is 41.8 Å². The third kappa shape index (κ3) is 5.89. The van der Waals surface area contributed by atoms with E-state index in [4.69, 9.17) is 19.4 Å². The lowest BCUT2D eigenvalue weighted by Crippen LogP contribution is -2.53. The largest absolute Gasteiger partial charge is 0.497 e. The minimum Gasteiger partial charge on any atom is -0.497 e. The van der Waals surface area contributed by atoms with E-state index in [1.165, 1.54) is 11.3 Å².